The molecule has 1 saturated heterocycles. The summed E-state index contributed by atoms with van der Waals surface area (Å²) in [5.74, 6) is -0.0818. The minimum atomic E-state index is -0.0818. The highest BCUT2D eigenvalue weighted by molar-refractivity contribution is 9.10. The fraction of sp³-hybridized carbons (Fsp3) is 0.421. The van der Waals surface area contributed by atoms with Gasteiger partial charge in [-0.25, -0.2) is 0 Å². The van der Waals surface area contributed by atoms with Gasteiger partial charge in [-0.05, 0) is 79.5 Å². The van der Waals surface area contributed by atoms with Crippen LogP contribution in [0.15, 0.2) is 41.0 Å². The predicted octanol–water partition coefficient (Wildman–Crippen LogP) is 4.68. The second kappa shape index (κ2) is 7.53. The van der Waals surface area contributed by atoms with E-state index < -0.39 is 0 Å². The minimum absolute atomic E-state index is 0.0818. The maximum Gasteiger partial charge on any atom is 0.272 e. The van der Waals surface area contributed by atoms with Crippen LogP contribution >= 0.6 is 15.9 Å². The zero-order chi connectivity index (χ0) is 17.1. The van der Waals surface area contributed by atoms with Gasteiger partial charge >= 0.3 is 0 Å². The number of rotatable bonds is 5. The SMILES string of the molecule is CC(C)n1cc(Br)cc1C(=O)Nc1ccc(CN2CCCC2)cc1. The molecule has 2 aromatic rings. The van der Waals surface area contributed by atoms with E-state index in [2.05, 4.69) is 52.1 Å². The number of nitrogens with one attached hydrogen (secondary N) is 1. The first-order valence-electron chi connectivity index (χ1n) is 8.53. The van der Waals surface area contributed by atoms with Gasteiger partial charge in [-0.1, -0.05) is 12.1 Å². The Kier molecular flexibility index (Phi) is 5.41. The lowest BCUT2D eigenvalue weighted by Gasteiger charge is -2.15. The van der Waals surface area contributed by atoms with Crippen LogP contribution in [-0.2, 0) is 6.54 Å². The van der Waals surface area contributed by atoms with E-state index in [0.29, 0.717) is 5.69 Å². The average Bonchev–Trinajstić information content (AvgIpc) is 3.18. The molecule has 24 heavy (non-hydrogen) atoms. The lowest BCUT2D eigenvalue weighted by Crippen LogP contribution is -2.19. The van der Waals surface area contributed by atoms with Crippen LogP contribution in [0.3, 0.4) is 0 Å². The third-order valence-electron chi connectivity index (χ3n) is 4.42. The summed E-state index contributed by atoms with van der Waals surface area (Å²) in [6, 6.07) is 10.3. The van der Waals surface area contributed by atoms with E-state index in [1.165, 1.54) is 31.5 Å². The van der Waals surface area contributed by atoms with Gasteiger partial charge in [0, 0.05) is 28.9 Å². The fourth-order valence-corrected chi connectivity index (χ4v) is 3.58. The van der Waals surface area contributed by atoms with E-state index in [9.17, 15) is 4.79 Å². The molecule has 1 amide bonds. The molecule has 0 saturated carbocycles. The van der Waals surface area contributed by atoms with Crippen molar-refractivity contribution in [3.05, 3.63) is 52.3 Å². The van der Waals surface area contributed by atoms with Crippen LogP contribution in [0.5, 0.6) is 0 Å². The number of likely N-dealkylation sites (tertiary alicyclic amines) is 1. The lowest BCUT2D eigenvalue weighted by atomic mass is 10.2. The Morgan fingerprint density at radius 2 is 1.88 bits per heavy atom. The topological polar surface area (TPSA) is 37.3 Å². The third-order valence-corrected chi connectivity index (χ3v) is 4.85. The van der Waals surface area contributed by atoms with Gasteiger partial charge in [-0.2, -0.15) is 0 Å². The molecule has 1 fully saturated rings. The van der Waals surface area contributed by atoms with Gasteiger partial charge in [0.15, 0.2) is 0 Å². The molecule has 0 bridgehead atoms. The van der Waals surface area contributed by atoms with E-state index in [-0.39, 0.29) is 11.9 Å². The quantitative estimate of drug-likeness (QED) is 0.805. The molecule has 2 heterocycles. The third kappa shape index (κ3) is 4.08. The van der Waals surface area contributed by atoms with Gasteiger partial charge in [-0.3, -0.25) is 9.69 Å². The highest BCUT2D eigenvalue weighted by Crippen LogP contribution is 2.21. The Bertz CT molecular complexity index is 700. The number of halogens is 1. The maximum atomic E-state index is 12.6. The summed E-state index contributed by atoms with van der Waals surface area (Å²) >= 11 is 3.45. The molecule has 1 N–H and O–H groups in total. The standard InChI is InChI=1S/C19H24BrN3O/c1-14(2)23-13-16(20)11-18(23)19(24)21-17-7-5-15(6-8-17)12-22-9-3-4-10-22/h5-8,11,13-14H,3-4,9-10,12H2,1-2H3,(H,21,24). The van der Waals surface area contributed by atoms with E-state index in [4.69, 9.17) is 0 Å². The summed E-state index contributed by atoms with van der Waals surface area (Å²) in [4.78, 5) is 15.0. The Balaban J connectivity index is 1.66. The fourth-order valence-electron chi connectivity index (χ4n) is 3.14. The van der Waals surface area contributed by atoms with E-state index in [1.54, 1.807) is 0 Å². The Morgan fingerprint density at radius 1 is 1.21 bits per heavy atom. The van der Waals surface area contributed by atoms with Crippen LogP contribution < -0.4 is 5.32 Å². The predicted molar refractivity (Wildman–Crippen MR) is 101 cm³/mol. The summed E-state index contributed by atoms with van der Waals surface area (Å²) in [5.41, 5.74) is 2.79. The summed E-state index contributed by atoms with van der Waals surface area (Å²) in [6.45, 7) is 7.52. The molecule has 0 spiro atoms. The van der Waals surface area contributed by atoms with Crippen LogP contribution in [0.4, 0.5) is 5.69 Å². The number of hydrogen-bond donors (Lipinski definition) is 1. The van der Waals surface area contributed by atoms with E-state index in [0.717, 1.165) is 16.7 Å². The number of hydrogen-bond acceptors (Lipinski definition) is 2. The van der Waals surface area contributed by atoms with E-state index in [1.807, 2.05) is 29.0 Å². The second-order valence-corrected chi connectivity index (χ2v) is 7.59. The molecular formula is C19H24BrN3O. The zero-order valence-electron chi connectivity index (χ0n) is 14.3. The average molecular weight is 390 g/mol. The molecule has 0 radical (unpaired) electrons. The Hall–Kier alpha value is -1.59. The summed E-state index contributed by atoms with van der Waals surface area (Å²) < 4.78 is 2.89. The Morgan fingerprint density at radius 3 is 2.50 bits per heavy atom. The van der Waals surface area contributed by atoms with Gasteiger partial charge in [0.05, 0.1) is 0 Å². The molecule has 5 heteroatoms. The molecule has 1 aliphatic rings. The molecule has 128 valence electrons. The van der Waals surface area contributed by atoms with Crippen LogP contribution in [-0.4, -0.2) is 28.5 Å². The van der Waals surface area contributed by atoms with Crippen LogP contribution in [0.1, 0.15) is 48.8 Å². The molecule has 1 aromatic heterocycles. The molecule has 0 aliphatic carbocycles. The normalized spacial score (nSPS) is 15.2. The number of amides is 1. The number of benzene rings is 1. The van der Waals surface area contributed by atoms with Gasteiger partial charge in [0.2, 0.25) is 0 Å². The van der Waals surface area contributed by atoms with Crippen molar-refractivity contribution in [2.75, 3.05) is 18.4 Å². The summed E-state index contributed by atoms with van der Waals surface area (Å²) in [5, 5.41) is 2.99. The van der Waals surface area contributed by atoms with Gasteiger partial charge in [0.25, 0.3) is 5.91 Å². The second-order valence-electron chi connectivity index (χ2n) is 6.68. The number of nitrogens with zero attached hydrogens (tertiary/aromatic N) is 2. The van der Waals surface area contributed by atoms with Crippen molar-refractivity contribution in [2.24, 2.45) is 0 Å². The summed E-state index contributed by atoms with van der Waals surface area (Å²) in [6.07, 6.45) is 4.55. The molecule has 0 atom stereocenters. The summed E-state index contributed by atoms with van der Waals surface area (Å²) in [7, 11) is 0. The van der Waals surface area contributed by atoms with Gasteiger partial charge in [0.1, 0.15) is 5.69 Å². The first-order valence-corrected chi connectivity index (χ1v) is 9.32. The molecule has 1 aromatic carbocycles. The van der Waals surface area contributed by atoms with Gasteiger partial charge < -0.3 is 9.88 Å². The molecule has 4 nitrogen and oxygen atoms in total. The van der Waals surface area contributed by atoms with Crippen molar-refractivity contribution < 1.29 is 4.79 Å². The maximum absolute atomic E-state index is 12.6. The van der Waals surface area contributed by atoms with Crippen molar-refractivity contribution in [1.29, 1.82) is 0 Å². The lowest BCUT2D eigenvalue weighted by molar-refractivity contribution is 0.101. The zero-order valence-corrected chi connectivity index (χ0v) is 15.8. The van der Waals surface area contributed by atoms with Crippen LogP contribution in [0.25, 0.3) is 0 Å². The van der Waals surface area contributed by atoms with E-state index >= 15 is 0 Å². The minimum Gasteiger partial charge on any atom is -0.340 e. The first-order chi connectivity index (χ1) is 11.5. The Labute approximate surface area is 152 Å². The van der Waals surface area contributed by atoms with Crippen molar-refractivity contribution in [1.82, 2.24) is 9.47 Å². The van der Waals surface area contributed by atoms with Gasteiger partial charge in [-0.15, -0.1) is 0 Å². The number of carbonyl (C=O) groups excluding carboxylic acids is 1. The largest absolute Gasteiger partial charge is 0.340 e. The van der Waals surface area contributed by atoms with Crippen molar-refractivity contribution in [3.63, 3.8) is 0 Å². The smallest absolute Gasteiger partial charge is 0.272 e. The number of anilines is 1. The molecule has 0 unspecified atom stereocenters. The molecular weight excluding hydrogens is 366 g/mol. The highest BCUT2D eigenvalue weighted by Gasteiger charge is 2.15. The van der Waals surface area contributed by atoms with Crippen LogP contribution in [0.2, 0.25) is 0 Å². The molecule has 3 rings (SSSR count). The monoisotopic (exact) mass is 389 g/mol. The number of aromatic nitrogens is 1. The van der Waals surface area contributed by atoms with Crippen molar-refractivity contribution >= 4 is 27.5 Å². The van der Waals surface area contributed by atoms with Crippen molar-refractivity contribution in [2.45, 2.75) is 39.3 Å². The first kappa shape index (κ1) is 17.2. The highest BCUT2D eigenvalue weighted by atomic mass is 79.9. The molecule has 1 aliphatic heterocycles. The van der Waals surface area contributed by atoms with Crippen LogP contribution in [0, 0.1) is 0 Å². The number of carbonyl (C=O) groups is 1. The van der Waals surface area contributed by atoms with Crippen molar-refractivity contribution in [3.8, 4) is 0 Å².